The van der Waals surface area contributed by atoms with Crippen molar-refractivity contribution in [1.29, 1.82) is 0 Å². The number of hydrogen-bond acceptors (Lipinski definition) is 5. The van der Waals surface area contributed by atoms with Crippen molar-refractivity contribution in [3.8, 4) is 11.6 Å². The van der Waals surface area contributed by atoms with Gasteiger partial charge in [-0.05, 0) is 12.1 Å². The average molecular weight is 216 g/mol. The smallest absolute Gasteiger partial charge is 0.247 e. The van der Waals surface area contributed by atoms with Crippen molar-refractivity contribution >= 4 is 0 Å². The molecule has 3 aromatic rings. The summed E-state index contributed by atoms with van der Waals surface area (Å²) < 4.78 is 12.1. The molecular weight excluding hydrogens is 208 g/mol. The molecule has 6 heteroatoms. The van der Waals surface area contributed by atoms with Crippen LogP contribution >= 0.6 is 0 Å². The summed E-state index contributed by atoms with van der Waals surface area (Å²) in [5.41, 5.74) is 0. The van der Waals surface area contributed by atoms with E-state index >= 15 is 0 Å². The Bertz CT molecular complexity index is 553. The molecule has 6 nitrogen and oxygen atoms in total. The van der Waals surface area contributed by atoms with Crippen molar-refractivity contribution in [2.75, 3.05) is 0 Å². The molecule has 0 bridgehead atoms. The summed E-state index contributed by atoms with van der Waals surface area (Å²) >= 11 is 0. The second-order valence-electron chi connectivity index (χ2n) is 3.22. The standard InChI is InChI=1S/C10H8N4O2/c1-2-8(15-5-1)10-12-9(16-13-10)6-14-4-3-11-7-14/h1-5,7H,6H2. The number of rotatable bonds is 3. The number of hydrogen-bond donors (Lipinski definition) is 0. The summed E-state index contributed by atoms with van der Waals surface area (Å²) in [4.78, 5) is 8.14. The normalized spacial score (nSPS) is 10.8. The van der Waals surface area contributed by atoms with Crippen molar-refractivity contribution in [1.82, 2.24) is 19.7 Å². The van der Waals surface area contributed by atoms with E-state index in [4.69, 9.17) is 8.94 Å². The lowest BCUT2D eigenvalue weighted by molar-refractivity contribution is 0.370. The number of furan rings is 1. The maximum absolute atomic E-state index is 5.16. The highest BCUT2D eigenvalue weighted by atomic mass is 16.5. The lowest BCUT2D eigenvalue weighted by Gasteiger charge is -1.93. The summed E-state index contributed by atoms with van der Waals surface area (Å²) in [6, 6.07) is 3.56. The van der Waals surface area contributed by atoms with E-state index in [1.807, 2.05) is 10.8 Å². The van der Waals surface area contributed by atoms with Crippen LogP contribution in [0.25, 0.3) is 11.6 Å². The van der Waals surface area contributed by atoms with Crippen LogP contribution in [0.4, 0.5) is 0 Å². The van der Waals surface area contributed by atoms with Gasteiger partial charge in [0.25, 0.3) is 0 Å². The zero-order chi connectivity index (χ0) is 10.8. The topological polar surface area (TPSA) is 69.9 Å². The minimum atomic E-state index is 0.458. The molecule has 0 N–H and O–H groups in total. The van der Waals surface area contributed by atoms with Gasteiger partial charge < -0.3 is 13.5 Å². The molecule has 0 spiro atoms. The zero-order valence-corrected chi connectivity index (χ0v) is 8.28. The summed E-state index contributed by atoms with van der Waals surface area (Å²) in [5, 5.41) is 3.83. The van der Waals surface area contributed by atoms with Crippen molar-refractivity contribution in [2.24, 2.45) is 0 Å². The van der Waals surface area contributed by atoms with Crippen molar-refractivity contribution in [2.45, 2.75) is 6.54 Å². The Labute approximate surface area is 90.5 Å². The third kappa shape index (κ3) is 1.60. The second kappa shape index (κ2) is 3.65. The monoisotopic (exact) mass is 216 g/mol. The molecule has 0 radical (unpaired) electrons. The van der Waals surface area contributed by atoms with Crippen LogP contribution in [0.1, 0.15) is 5.89 Å². The highest BCUT2D eigenvalue weighted by Crippen LogP contribution is 2.15. The molecule has 16 heavy (non-hydrogen) atoms. The fourth-order valence-electron chi connectivity index (χ4n) is 1.36. The molecule has 0 atom stereocenters. The third-order valence-corrected chi connectivity index (χ3v) is 2.09. The first kappa shape index (κ1) is 8.90. The quantitative estimate of drug-likeness (QED) is 0.664. The van der Waals surface area contributed by atoms with E-state index in [0.29, 0.717) is 24.0 Å². The van der Waals surface area contributed by atoms with Crippen LogP contribution in [0.2, 0.25) is 0 Å². The second-order valence-corrected chi connectivity index (χ2v) is 3.22. The van der Waals surface area contributed by atoms with E-state index in [1.54, 1.807) is 30.9 Å². The minimum Gasteiger partial charge on any atom is -0.461 e. The molecule has 0 aliphatic carbocycles. The van der Waals surface area contributed by atoms with Crippen molar-refractivity contribution in [3.63, 3.8) is 0 Å². The highest BCUT2D eigenvalue weighted by Gasteiger charge is 2.10. The van der Waals surface area contributed by atoms with Gasteiger partial charge in [0.15, 0.2) is 5.76 Å². The Kier molecular flexibility index (Phi) is 2.03. The third-order valence-electron chi connectivity index (χ3n) is 2.09. The van der Waals surface area contributed by atoms with Gasteiger partial charge in [0.05, 0.1) is 12.6 Å². The van der Waals surface area contributed by atoms with Crippen LogP contribution < -0.4 is 0 Å². The van der Waals surface area contributed by atoms with Gasteiger partial charge in [0.2, 0.25) is 11.7 Å². The average Bonchev–Trinajstić information content (AvgIpc) is 2.99. The molecule has 3 aromatic heterocycles. The highest BCUT2D eigenvalue weighted by molar-refractivity contribution is 5.44. The molecule has 0 saturated heterocycles. The lowest BCUT2D eigenvalue weighted by Crippen LogP contribution is -1.96. The molecular formula is C10H8N4O2. The van der Waals surface area contributed by atoms with E-state index < -0.39 is 0 Å². The summed E-state index contributed by atoms with van der Waals surface area (Å²) in [7, 11) is 0. The van der Waals surface area contributed by atoms with E-state index in [1.165, 1.54) is 0 Å². The first-order chi connectivity index (χ1) is 7.92. The molecule has 0 aliphatic heterocycles. The van der Waals surface area contributed by atoms with Crippen LogP contribution in [-0.2, 0) is 6.54 Å². The Balaban J connectivity index is 1.83. The summed E-state index contributed by atoms with van der Waals surface area (Å²) in [6.07, 6.45) is 6.79. The molecule has 80 valence electrons. The first-order valence-corrected chi connectivity index (χ1v) is 4.74. The first-order valence-electron chi connectivity index (χ1n) is 4.74. The number of aromatic nitrogens is 4. The summed E-state index contributed by atoms with van der Waals surface area (Å²) in [6.45, 7) is 0.508. The maximum Gasteiger partial charge on any atom is 0.247 e. The van der Waals surface area contributed by atoms with Crippen LogP contribution in [0, 0.1) is 0 Å². The van der Waals surface area contributed by atoms with Gasteiger partial charge in [-0.15, -0.1) is 0 Å². The molecule has 0 fully saturated rings. The Hall–Kier alpha value is -2.37. The SMILES string of the molecule is c1coc(-c2noc(Cn3ccnc3)n2)c1. The molecule has 0 amide bonds. The van der Waals surface area contributed by atoms with Gasteiger partial charge >= 0.3 is 0 Å². The van der Waals surface area contributed by atoms with E-state index in [0.717, 1.165) is 0 Å². The van der Waals surface area contributed by atoms with Gasteiger partial charge in [0.1, 0.15) is 6.54 Å². The number of imidazole rings is 1. The molecule has 0 aromatic carbocycles. The molecule has 3 rings (SSSR count). The Morgan fingerprint density at radius 3 is 3.12 bits per heavy atom. The minimum absolute atomic E-state index is 0.458. The summed E-state index contributed by atoms with van der Waals surface area (Å²) in [5.74, 6) is 1.57. The predicted molar refractivity (Wildman–Crippen MR) is 53.3 cm³/mol. The van der Waals surface area contributed by atoms with Crippen LogP contribution in [-0.4, -0.2) is 19.7 Å². The molecule has 3 heterocycles. The molecule has 0 saturated carbocycles. The maximum atomic E-state index is 5.16. The van der Waals surface area contributed by atoms with Crippen molar-refractivity contribution in [3.05, 3.63) is 43.0 Å². The van der Waals surface area contributed by atoms with E-state index in [-0.39, 0.29) is 0 Å². The van der Waals surface area contributed by atoms with Gasteiger partial charge in [-0.2, -0.15) is 4.98 Å². The van der Waals surface area contributed by atoms with Gasteiger partial charge in [-0.1, -0.05) is 5.16 Å². The largest absolute Gasteiger partial charge is 0.461 e. The fourth-order valence-corrected chi connectivity index (χ4v) is 1.36. The van der Waals surface area contributed by atoms with Crippen LogP contribution in [0.3, 0.4) is 0 Å². The van der Waals surface area contributed by atoms with Gasteiger partial charge in [0, 0.05) is 12.4 Å². The molecule has 0 unspecified atom stereocenters. The number of nitrogens with zero attached hydrogens (tertiary/aromatic N) is 4. The van der Waals surface area contributed by atoms with Gasteiger partial charge in [-0.25, -0.2) is 4.98 Å². The van der Waals surface area contributed by atoms with Crippen LogP contribution in [0.15, 0.2) is 46.1 Å². The van der Waals surface area contributed by atoms with Crippen LogP contribution in [0.5, 0.6) is 0 Å². The van der Waals surface area contributed by atoms with E-state index in [9.17, 15) is 0 Å². The zero-order valence-electron chi connectivity index (χ0n) is 8.28. The lowest BCUT2D eigenvalue weighted by atomic mass is 10.4. The van der Waals surface area contributed by atoms with E-state index in [2.05, 4.69) is 15.1 Å². The predicted octanol–water partition coefficient (Wildman–Crippen LogP) is 1.57. The fraction of sp³-hybridized carbons (Fsp3) is 0.100. The van der Waals surface area contributed by atoms with Crippen molar-refractivity contribution < 1.29 is 8.94 Å². The Morgan fingerprint density at radius 1 is 1.38 bits per heavy atom. The Morgan fingerprint density at radius 2 is 2.38 bits per heavy atom. The van der Waals surface area contributed by atoms with Gasteiger partial charge in [-0.3, -0.25) is 0 Å². The molecule has 0 aliphatic rings.